The molecule has 1 rings (SSSR count). The summed E-state index contributed by atoms with van der Waals surface area (Å²) in [5.41, 5.74) is 1.08. The lowest BCUT2D eigenvalue weighted by atomic mass is 10.1. The lowest BCUT2D eigenvalue weighted by Crippen LogP contribution is -2.26. The zero-order chi connectivity index (χ0) is 16.7. The largest absolute Gasteiger partial charge is 0.454 e. The van der Waals surface area contributed by atoms with Crippen molar-refractivity contribution in [3.8, 4) is 0 Å². The average molecular weight is 305 g/mol. The first-order chi connectivity index (χ1) is 10.3. The molecule has 0 bridgehead atoms. The van der Waals surface area contributed by atoms with Crippen LogP contribution in [0.1, 0.15) is 50.9 Å². The number of carbonyl (C=O) groups is 3. The molecule has 0 aromatic heterocycles. The van der Waals surface area contributed by atoms with E-state index in [0.717, 1.165) is 6.42 Å². The summed E-state index contributed by atoms with van der Waals surface area (Å²) < 4.78 is 5.10. The van der Waals surface area contributed by atoms with E-state index in [1.165, 1.54) is 0 Å². The van der Waals surface area contributed by atoms with E-state index in [2.05, 4.69) is 5.32 Å². The van der Waals surface area contributed by atoms with Gasteiger partial charge in [-0.05, 0) is 37.6 Å². The number of benzene rings is 1. The quantitative estimate of drug-likeness (QED) is 0.620. The third kappa shape index (κ3) is 5.31. The Labute approximate surface area is 131 Å². The van der Waals surface area contributed by atoms with Crippen LogP contribution in [0.4, 0.5) is 5.69 Å². The molecule has 1 atom stereocenters. The number of hydrogen-bond donors (Lipinski definition) is 1. The summed E-state index contributed by atoms with van der Waals surface area (Å²) >= 11 is 0. The minimum Gasteiger partial charge on any atom is -0.454 e. The van der Waals surface area contributed by atoms with Gasteiger partial charge in [0.05, 0.1) is 5.92 Å². The summed E-state index contributed by atoms with van der Waals surface area (Å²) in [4.78, 5) is 35.2. The van der Waals surface area contributed by atoms with Crippen molar-refractivity contribution in [1.29, 1.82) is 0 Å². The van der Waals surface area contributed by atoms with Crippen LogP contribution in [0.5, 0.6) is 0 Å². The van der Waals surface area contributed by atoms with E-state index in [4.69, 9.17) is 4.74 Å². The Bertz CT molecular complexity index is 534. The summed E-state index contributed by atoms with van der Waals surface area (Å²) in [6, 6.07) is 6.56. The predicted molar refractivity (Wildman–Crippen MR) is 84.7 cm³/mol. The Kier molecular flexibility index (Phi) is 6.76. The van der Waals surface area contributed by atoms with Crippen LogP contribution in [0.3, 0.4) is 0 Å². The van der Waals surface area contributed by atoms with E-state index in [1.54, 1.807) is 45.0 Å². The molecule has 1 N–H and O–H groups in total. The molecule has 5 heteroatoms. The molecule has 22 heavy (non-hydrogen) atoms. The average Bonchev–Trinajstić information content (AvgIpc) is 2.47. The molecule has 0 saturated heterocycles. The van der Waals surface area contributed by atoms with E-state index in [-0.39, 0.29) is 17.6 Å². The zero-order valence-corrected chi connectivity index (χ0v) is 13.5. The summed E-state index contributed by atoms with van der Waals surface area (Å²) in [7, 11) is 0. The Balaban J connectivity index is 2.67. The SMILES string of the molecule is CCCC(=O)Nc1ccc(C(=O)C(C)OC(=O)C(C)C)cc1. The standard InChI is InChI=1S/C17H23NO4/c1-5-6-15(19)18-14-9-7-13(8-10-14)16(20)12(4)22-17(21)11(2)3/h7-12H,5-6H2,1-4H3,(H,18,19). The summed E-state index contributed by atoms with van der Waals surface area (Å²) in [5.74, 6) is -0.989. The van der Waals surface area contributed by atoms with Crippen molar-refractivity contribution in [2.45, 2.75) is 46.6 Å². The fraction of sp³-hybridized carbons (Fsp3) is 0.471. The second-order valence-corrected chi connectivity index (χ2v) is 5.47. The molecule has 0 radical (unpaired) electrons. The van der Waals surface area contributed by atoms with Gasteiger partial charge in [0, 0.05) is 17.7 Å². The van der Waals surface area contributed by atoms with Gasteiger partial charge >= 0.3 is 5.97 Å². The molecule has 0 fully saturated rings. The number of esters is 1. The van der Waals surface area contributed by atoms with Crippen LogP contribution in [-0.2, 0) is 14.3 Å². The molecule has 1 aromatic carbocycles. The van der Waals surface area contributed by atoms with E-state index in [1.807, 2.05) is 6.92 Å². The predicted octanol–water partition coefficient (Wildman–Crippen LogP) is 3.20. The summed E-state index contributed by atoms with van der Waals surface area (Å²) in [5, 5.41) is 2.75. The summed E-state index contributed by atoms with van der Waals surface area (Å²) in [6.07, 6.45) is 0.416. The maximum atomic E-state index is 12.2. The van der Waals surface area contributed by atoms with Crippen molar-refractivity contribution in [1.82, 2.24) is 0 Å². The van der Waals surface area contributed by atoms with Crippen LogP contribution >= 0.6 is 0 Å². The number of carbonyl (C=O) groups excluding carboxylic acids is 3. The first kappa shape index (κ1) is 17.9. The number of hydrogen-bond acceptors (Lipinski definition) is 4. The molecule has 0 spiro atoms. The minimum atomic E-state index is -0.824. The molecule has 0 heterocycles. The molecule has 5 nitrogen and oxygen atoms in total. The molecule has 0 saturated carbocycles. The maximum absolute atomic E-state index is 12.2. The zero-order valence-electron chi connectivity index (χ0n) is 13.5. The molecule has 1 aromatic rings. The van der Waals surface area contributed by atoms with Crippen LogP contribution in [0.2, 0.25) is 0 Å². The van der Waals surface area contributed by atoms with Crippen LogP contribution in [-0.4, -0.2) is 23.8 Å². The van der Waals surface area contributed by atoms with Crippen LogP contribution in [0.25, 0.3) is 0 Å². The third-order valence-corrected chi connectivity index (χ3v) is 3.06. The number of rotatable bonds is 7. The first-order valence-electron chi connectivity index (χ1n) is 7.49. The van der Waals surface area contributed by atoms with Crippen molar-refractivity contribution < 1.29 is 19.1 Å². The maximum Gasteiger partial charge on any atom is 0.309 e. The molecule has 0 aliphatic carbocycles. The monoisotopic (exact) mass is 305 g/mol. The first-order valence-corrected chi connectivity index (χ1v) is 7.49. The van der Waals surface area contributed by atoms with Crippen molar-refractivity contribution in [3.63, 3.8) is 0 Å². The number of ketones is 1. The second kappa shape index (κ2) is 8.32. The Hall–Kier alpha value is -2.17. The van der Waals surface area contributed by atoms with Crippen LogP contribution < -0.4 is 5.32 Å². The highest BCUT2D eigenvalue weighted by Gasteiger charge is 2.20. The van der Waals surface area contributed by atoms with Gasteiger partial charge in [0.2, 0.25) is 11.7 Å². The van der Waals surface area contributed by atoms with Gasteiger partial charge in [-0.1, -0.05) is 20.8 Å². The van der Waals surface area contributed by atoms with Gasteiger partial charge in [-0.25, -0.2) is 0 Å². The van der Waals surface area contributed by atoms with E-state index < -0.39 is 12.1 Å². The topological polar surface area (TPSA) is 72.5 Å². The van der Waals surface area contributed by atoms with Gasteiger partial charge < -0.3 is 10.1 Å². The van der Waals surface area contributed by atoms with Crippen LogP contribution in [0.15, 0.2) is 24.3 Å². The Morgan fingerprint density at radius 3 is 2.18 bits per heavy atom. The van der Waals surface area contributed by atoms with Gasteiger partial charge in [0.15, 0.2) is 6.10 Å². The number of amides is 1. The number of anilines is 1. The fourth-order valence-electron chi connectivity index (χ4n) is 1.77. The van der Waals surface area contributed by atoms with Crippen molar-refractivity contribution in [3.05, 3.63) is 29.8 Å². The van der Waals surface area contributed by atoms with Crippen molar-refractivity contribution in [2.75, 3.05) is 5.32 Å². The highest BCUT2D eigenvalue weighted by molar-refractivity contribution is 6.00. The molecule has 1 unspecified atom stereocenters. The van der Waals surface area contributed by atoms with E-state index >= 15 is 0 Å². The van der Waals surface area contributed by atoms with Crippen molar-refractivity contribution in [2.24, 2.45) is 5.92 Å². The molecule has 0 aliphatic heterocycles. The van der Waals surface area contributed by atoms with Gasteiger partial charge in [-0.15, -0.1) is 0 Å². The normalized spacial score (nSPS) is 11.9. The molecular formula is C17H23NO4. The number of Topliss-reactive ketones (excluding diaryl/α,β-unsaturated/α-hetero) is 1. The highest BCUT2D eigenvalue weighted by Crippen LogP contribution is 2.13. The van der Waals surface area contributed by atoms with Crippen molar-refractivity contribution >= 4 is 23.3 Å². The van der Waals surface area contributed by atoms with E-state index in [9.17, 15) is 14.4 Å². The lowest BCUT2D eigenvalue weighted by molar-refractivity contribution is -0.150. The van der Waals surface area contributed by atoms with Gasteiger partial charge in [0.1, 0.15) is 0 Å². The van der Waals surface area contributed by atoms with Gasteiger partial charge in [-0.3, -0.25) is 14.4 Å². The van der Waals surface area contributed by atoms with Crippen LogP contribution in [0, 0.1) is 5.92 Å². The third-order valence-electron chi connectivity index (χ3n) is 3.06. The molecular weight excluding hydrogens is 282 g/mol. The molecule has 0 aliphatic rings. The number of ether oxygens (including phenoxy) is 1. The lowest BCUT2D eigenvalue weighted by Gasteiger charge is -2.14. The smallest absolute Gasteiger partial charge is 0.309 e. The summed E-state index contributed by atoms with van der Waals surface area (Å²) in [6.45, 7) is 6.92. The number of nitrogens with one attached hydrogen (secondary N) is 1. The Morgan fingerprint density at radius 2 is 1.68 bits per heavy atom. The highest BCUT2D eigenvalue weighted by atomic mass is 16.5. The van der Waals surface area contributed by atoms with Gasteiger partial charge in [0.25, 0.3) is 0 Å². The van der Waals surface area contributed by atoms with E-state index in [0.29, 0.717) is 17.7 Å². The van der Waals surface area contributed by atoms with Gasteiger partial charge in [-0.2, -0.15) is 0 Å². The second-order valence-electron chi connectivity index (χ2n) is 5.47. The molecule has 120 valence electrons. The fourth-order valence-corrected chi connectivity index (χ4v) is 1.77. The minimum absolute atomic E-state index is 0.0548. The Morgan fingerprint density at radius 1 is 1.09 bits per heavy atom. The molecule has 1 amide bonds.